The van der Waals surface area contributed by atoms with Crippen LogP contribution in [-0.4, -0.2) is 17.9 Å². The monoisotopic (exact) mass is 310 g/mol. The molecule has 0 atom stereocenters. The lowest BCUT2D eigenvalue weighted by Crippen LogP contribution is -2.25. The topological polar surface area (TPSA) is 71.3 Å². The Morgan fingerprint density at radius 3 is 2.61 bits per heavy atom. The molecule has 0 spiro atoms. The Kier molecular flexibility index (Phi) is 4.57. The Hall–Kier alpha value is -2.82. The Balaban J connectivity index is 1.50. The lowest BCUT2D eigenvalue weighted by molar-refractivity contribution is -0.116. The molecule has 1 heterocycles. The third-order valence-electron chi connectivity index (χ3n) is 3.53. The van der Waals surface area contributed by atoms with Crippen LogP contribution in [0.2, 0.25) is 0 Å². The Morgan fingerprint density at radius 2 is 1.96 bits per heavy atom. The van der Waals surface area contributed by atoms with E-state index in [0.717, 1.165) is 18.4 Å². The fraction of sp³-hybridized carbons (Fsp3) is 0.222. The van der Waals surface area contributed by atoms with E-state index in [9.17, 15) is 9.59 Å². The average Bonchev–Trinajstić information content (AvgIpc) is 3.22. The highest BCUT2D eigenvalue weighted by atomic mass is 16.3. The molecule has 1 aromatic heterocycles. The standard InChI is InChI=1S/C18H18N2O3/c21-17(19-12-16-2-1-11-23-16)10-5-13-3-6-14(7-4-13)18(22)20-15-8-9-15/h1-7,10-11,15H,8-9,12H2,(H,19,21)(H,20,22). The number of nitrogens with one attached hydrogen (secondary N) is 2. The van der Waals surface area contributed by atoms with Gasteiger partial charge in [-0.05, 0) is 48.7 Å². The molecule has 0 aliphatic heterocycles. The van der Waals surface area contributed by atoms with E-state index in [1.165, 1.54) is 6.08 Å². The molecule has 1 saturated carbocycles. The lowest BCUT2D eigenvalue weighted by Gasteiger charge is -2.03. The number of hydrogen-bond donors (Lipinski definition) is 2. The summed E-state index contributed by atoms with van der Waals surface area (Å²) in [6, 6.07) is 11.1. The number of carbonyl (C=O) groups is 2. The number of hydrogen-bond acceptors (Lipinski definition) is 3. The van der Waals surface area contributed by atoms with Crippen LogP contribution in [0.15, 0.2) is 53.2 Å². The van der Waals surface area contributed by atoms with Crippen molar-refractivity contribution in [3.63, 3.8) is 0 Å². The Labute approximate surface area is 134 Å². The van der Waals surface area contributed by atoms with Crippen LogP contribution in [0.5, 0.6) is 0 Å². The van der Waals surface area contributed by atoms with Gasteiger partial charge in [-0.25, -0.2) is 0 Å². The van der Waals surface area contributed by atoms with E-state index in [1.807, 2.05) is 12.1 Å². The predicted octanol–water partition coefficient (Wildman–Crippen LogP) is 2.50. The summed E-state index contributed by atoms with van der Waals surface area (Å²) in [5.41, 5.74) is 1.50. The highest BCUT2D eigenvalue weighted by Crippen LogP contribution is 2.19. The first-order valence-electron chi connectivity index (χ1n) is 7.60. The average molecular weight is 310 g/mol. The normalized spacial score (nSPS) is 13.9. The second kappa shape index (κ2) is 6.96. The summed E-state index contributed by atoms with van der Waals surface area (Å²) in [6.45, 7) is 0.358. The zero-order chi connectivity index (χ0) is 16.1. The van der Waals surface area contributed by atoms with Gasteiger partial charge in [-0.1, -0.05) is 12.1 Å². The summed E-state index contributed by atoms with van der Waals surface area (Å²) in [5, 5.41) is 5.67. The largest absolute Gasteiger partial charge is 0.467 e. The smallest absolute Gasteiger partial charge is 0.251 e. The molecule has 0 bridgehead atoms. The first-order chi connectivity index (χ1) is 11.2. The first-order valence-corrected chi connectivity index (χ1v) is 7.60. The molecule has 1 aliphatic rings. The maximum atomic E-state index is 11.9. The van der Waals surface area contributed by atoms with Gasteiger partial charge in [0, 0.05) is 17.7 Å². The SMILES string of the molecule is O=C(C=Cc1ccc(C(=O)NC2CC2)cc1)NCc1ccco1. The lowest BCUT2D eigenvalue weighted by atomic mass is 10.1. The second-order valence-corrected chi connectivity index (χ2v) is 5.50. The molecule has 3 rings (SSSR count). The van der Waals surface area contributed by atoms with Gasteiger partial charge < -0.3 is 15.1 Å². The molecule has 5 nitrogen and oxygen atoms in total. The van der Waals surface area contributed by atoms with Gasteiger partial charge in [0.25, 0.3) is 5.91 Å². The third kappa shape index (κ3) is 4.57. The minimum atomic E-state index is -0.197. The van der Waals surface area contributed by atoms with Crippen LogP contribution in [0.1, 0.15) is 34.5 Å². The molecule has 0 radical (unpaired) electrons. The number of carbonyl (C=O) groups excluding carboxylic acids is 2. The summed E-state index contributed by atoms with van der Waals surface area (Å²) in [4.78, 5) is 23.6. The molecule has 1 fully saturated rings. The number of rotatable bonds is 6. The van der Waals surface area contributed by atoms with E-state index in [2.05, 4.69) is 10.6 Å². The van der Waals surface area contributed by atoms with Crippen molar-refractivity contribution in [2.45, 2.75) is 25.4 Å². The molecule has 5 heteroatoms. The van der Waals surface area contributed by atoms with Crippen molar-refractivity contribution >= 4 is 17.9 Å². The van der Waals surface area contributed by atoms with Gasteiger partial charge in [-0.2, -0.15) is 0 Å². The molecule has 23 heavy (non-hydrogen) atoms. The van der Waals surface area contributed by atoms with E-state index in [4.69, 9.17) is 4.42 Å². The molecule has 1 aromatic carbocycles. The van der Waals surface area contributed by atoms with Crippen LogP contribution in [0.4, 0.5) is 0 Å². The highest BCUT2D eigenvalue weighted by molar-refractivity contribution is 5.95. The molecule has 2 aromatic rings. The van der Waals surface area contributed by atoms with E-state index in [-0.39, 0.29) is 11.8 Å². The van der Waals surface area contributed by atoms with Gasteiger partial charge in [0.2, 0.25) is 5.91 Å². The fourth-order valence-electron chi connectivity index (χ4n) is 2.06. The molecule has 0 saturated heterocycles. The van der Waals surface area contributed by atoms with E-state index >= 15 is 0 Å². The molecule has 2 amide bonds. The Morgan fingerprint density at radius 1 is 1.17 bits per heavy atom. The van der Waals surface area contributed by atoms with Crippen molar-refractivity contribution < 1.29 is 14.0 Å². The molecular weight excluding hydrogens is 292 g/mol. The molecular formula is C18H18N2O3. The van der Waals surface area contributed by atoms with Crippen molar-refractivity contribution in [2.24, 2.45) is 0 Å². The summed E-state index contributed by atoms with van der Waals surface area (Å²) in [7, 11) is 0. The van der Waals surface area contributed by atoms with Crippen molar-refractivity contribution in [2.75, 3.05) is 0 Å². The number of benzene rings is 1. The van der Waals surface area contributed by atoms with Crippen molar-refractivity contribution in [3.05, 3.63) is 65.6 Å². The molecule has 2 N–H and O–H groups in total. The minimum absolute atomic E-state index is 0.0424. The molecule has 1 aliphatic carbocycles. The summed E-state index contributed by atoms with van der Waals surface area (Å²) in [6.07, 6.45) is 6.87. The zero-order valence-electron chi connectivity index (χ0n) is 12.6. The summed E-state index contributed by atoms with van der Waals surface area (Å²) in [5.74, 6) is 0.467. The van der Waals surface area contributed by atoms with Gasteiger partial charge in [-0.15, -0.1) is 0 Å². The summed E-state index contributed by atoms with van der Waals surface area (Å²) < 4.78 is 5.14. The molecule has 0 unspecified atom stereocenters. The fourth-order valence-corrected chi connectivity index (χ4v) is 2.06. The first kappa shape index (κ1) is 15.1. The van der Waals surface area contributed by atoms with Crippen LogP contribution in [0.25, 0.3) is 6.08 Å². The zero-order valence-corrected chi connectivity index (χ0v) is 12.6. The number of furan rings is 1. The van der Waals surface area contributed by atoms with Gasteiger partial charge >= 0.3 is 0 Å². The van der Waals surface area contributed by atoms with E-state index in [1.54, 1.807) is 36.6 Å². The molecule has 118 valence electrons. The van der Waals surface area contributed by atoms with Crippen LogP contribution < -0.4 is 10.6 Å². The van der Waals surface area contributed by atoms with Crippen molar-refractivity contribution in [3.8, 4) is 0 Å². The maximum absolute atomic E-state index is 11.9. The predicted molar refractivity (Wildman–Crippen MR) is 86.5 cm³/mol. The number of amides is 2. The van der Waals surface area contributed by atoms with E-state index in [0.29, 0.717) is 23.9 Å². The van der Waals surface area contributed by atoms with Crippen LogP contribution in [0.3, 0.4) is 0 Å². The van der Waals surface area contributed by atoms with Crippen LogP contribution in [0, 0.1) is 0 Å². The second-order valence-electron chi connectivity index (χ2n) is 5.50. The van der Waals surface area contributed by atoms with Gasteiger partial charge in [0.05, 0.1) is 12.8 Å². The van der Waals surface area contributed by atoms with Crippen molar-refractivity contribution in [1.82, 2.24) is 10.6 Å². The highest BCUT2D eigenvalue weighted by Gasteiger charge is 2.23. The van der Waals surface area contributed by atoms with Gasteiger partial charge in [0.15, 0.2) is 0 Å². The Bertz CT molecular complexity index is 698. The van der Waals surface area contributed by atoms with Gasteiger partial charge in [-0.3, -0.25) is 9.59 Å². The summed E-state index contributed by atoms with van der Waals surface area (Å²) >= 11 is 0. The maximum Gasteiger partial charge on any atom is 0.251 e. The minimum Gasteiger partial charge on any atom is -0.467 e. The van der Waals surface area contributed by atoms with Crippen LogP contribution >= 0.6 is 0 Å². The van der Waals surface area contributed by atoms with E-state index < -0.39 is 0 Å². The van der Waals surface area contributed by atoms with Crippen molar-refractivity contribution in [1.29, 1.82) is 0 Å². The third-order valence-corrected chi connectivity index (χ3v) is 3.53. The van der Waals surface area contributed by atoms with Crippen LogP contribution in [-0.2, 0) is 11.3 Å². The van der Waals surface area contributed by atoms with Gasteiger partial charge in [0.1, 0.15) is 5.76 Å². The quantitative estimate of drug-likeness (QED) is 0.805.